The molecule has 0 saturated heterocycles. The number of unbranched alkanes of at least 4 members (excludes halogenated alkanes) is 1. The molecule has 7 heteroatoms. The molecule has 1 heterocycles. The van der Waals surface area contributed by atoms with E-state index in [1.165, 1.54) is 0 Å². The van der Waals surface area contributed by atoms with Gasteiger partial charge in [-0.1, -0.05) is 33.1 Å². The van der Waals surface area contributed by atoms with Gasteiger partial charge >= 0.3 is 6.18 Å². The Hall–Kier alpha value is -1.04. The van der Waals surface area contributed by atoms with E-state index in [9.17, 15) is 13.2 Å². The largest absolute Gasteiger partial charge is 0.477 e. The average molecular weight is 311 g/mol. The number of hydrogen-bond acceptors (Lipinski definition) is 3. The third-order valence-corrected chi connectivity index (χ3v) is 3.15. The quantitative estimate of drug-likeness (QED) is 0.682. The van der Waals surface area contributed by atoms with Gasteiger partial charge in [-0.05, 0) is 23.9 Å². The van der Waals surface area contributed by atoms with Gasteiger partial charge in [0.25, 0.3) is 0 Å². The molecule has 0 radical (unpaired) electrons. The third kappa shape index (κ3) is 5.53. The van der Waals surface area contributed by atoms with Crippen molar-refractivity contribution in [3.63, 3.8) is 0 Å². The molecule has 0 amide bonds. The predicted molar refractivity (Wildman–Crippen MR) is 70.8 cm³/mol. The molecule has 1 unspecified atom stereocenters. The summed E-state index contributed by atoms with van der Waals surface area (Å²) in [5.41, 5.74) is -1.09. The third-order valence-electron chi connectivity index (χ3n) is 2.98. The van der Waals surface area contributed by atoms with Crippen LogP contribution in [0.1, 0.15) is 45.2 Å². The Labute approximate surface area is 121 Å². The smallest absolute Gasteiger partial charge is 0.433 e. The standard InChI is InChI=1S/C13H18ClF3N2O/c1-3-5-6-9(4-2)8-20-11-7-10(13(15,16)17)18-12(14)19-11/h7,9H,3-6,8H2,1-2H3. The van der Waals surface area contributed by atoms with Crippen LogP contribution in [0.3, 0.4) is 0 Å². The highest BCUT2D eigenvalue weighted by Crippen LogP contribution is 2.30. The Kier molecular flexibility index (Phi) is 6.52. The van der Waals surface area contributed by atoms with Crippen LogP contribution in [0, 0.1) is 5.92 Å². The molecule has 1 aromatic rings. The maximum absolute atomic E-state index is 12.6. The second-order valence-corrected chi connectivity index (χ2v) is 4.92. The molecular weight excluding hydrogens is 293 g/mol. The van der Waals surface area contributed by atoms with Crippen LogP contribution in [0.15, 0.2) is 6.07 Å². The number of ether oxygens (including phenoxy) is 1. The maximum Gasteiger partial charge on any atom is 0.433 e. The molecule has 0 N–H and O–H groups in total. The highest BCUT2D eigenvalue weighted by molar-refractivity contribution is 6.28. The zero-order chi connectivity index (χ0) is 15.2. The lowest BCUT2D eigenvalue weighted by molar-refractivity contribution is -0.141. The van der Waals surface area contributed by atoms with Crippen LogP contribution >= 0.6 is 11.6 Å². The van der Waals surface area contributed by atoms with E-state index in [0.29, 0.717) is 12.5 Å². The Morgan fingerprint density at radius 1 is 1.30 bits per heavy atom. The first-order chi connectivity index (χ1) is 9.36. The van der Waals surface area contributed by atoms with Crippen LogP contribution in [0.25, 0.3) is 0 Å². The molecular formula is C13H18ClF3N2O. The van der Waals surface area contributed by atoms with Gasteiger partial charge in [0.1, 0.15) is 0 Å². The Bertz CT molecular complexity index is 427. The lowest BCUT2D eigenvalue weighted by Gasteiger charge is -2.15. The summed E-state index contributed by atoms with van der Waals surface area (Å²) in [5.74, 6) is 0.172. The molecule has 0 aliphatic rings. The zero-order valence-electron chi connectivity index (χ0n) is 11.5. The number of aromatic nitrogens is 2. The van der Waals surface area contributed by atoms with Crippen LogP contribution in [0.2, 0.25) is 5.28 Å². The lowest BCUT2D eigenvalue weighted by Crippen LogP contribution is -2.14. The fourth-order valence-corrected chi connectivity index (χ4v) is 1.89. The van der Waals surface area contributed by atoms with Crippen LogP contribution in [-0.4, -0.2) is 16.6 Å². The summed E-state index contributed by atoms with van der Waals surface area (Å²) in [6, 6.07) is 0.776. The van der Waals surface area contributed by atoms with Gasteiger partial charge in [0, 0.05) is 6.07 Å². The van der Waals surface area contributed by atoms with E-state index in [1.54, 1.807) is 0 Å². The number of halogens is 4. The zero-order valence-corrected chi connectivity index (χ0v) is 12.3. The molecule has 0 aromatic carbocycles. The summed E-state index contributed by atoms with van der Waals surface area (Å²) in [5, 5.41) is -0.462. The van der Waals surface area contributed by atoms with Crippen LogP contribution in [0.5, 0.6) is 5.88 Å². The molecule has 1 aromatic heterocycles. The second-order valence-electron chi connectivity index (χ2n) is 4.59. The summed E-state index contributed by atoms with van der Waals surface area (Å²) < 4.78 is 43.1. The van der Waals surface area contributed by atoms with Crippen molar-refractivity contribution in [3.05, 3.63) is 17.0 Å². The van der Waals surface area contributed by atoms with Gasteiger partial charge in [0.2, 0.25) is 11.2 Å². The molecule has 114 valence electrons. The van der Waals surface area contributed by atoms with Gasteiger partial charge in [-0.2, -0.15) is 18.2 Å². The SMILES string of the molecule is CCCCC(CC)COc1cc(C(F)(F)F)nc(Cl)n1. The van der Waals surface area contributed by atoms with Crippen molar-refractivity contribution < 1.29 is 17.9 Å². The molecule has 3 nitrogen and oxygen atoms in total. The Balaban J connectivity index is 2.70. The molecule has 0 saturated carbocycles. The van der Waals surface area contributed by atoms with E-state index in [4.69, 9.17) is 16.3 Å². The van der Waals surface area contributed by atoms with Crippen molar-refractivity contribution in [2.24, 2.45) is 5.92 Å². The second kappa shape index (κ2) is 7.67. The van der Waals surface area contributed by atoms with Crippen LogP contribution in [-0.2, 0) is 6.18 Å². The topological polar surface area (TPSA) is 35.0 Å². The number of rotatable bonds is 7. The Morgan fingerprint density at radius 2 is 2.00 bits per heavy atom. The minimum absolute atomic E-state index is 0.132. The first-order valence-electron chi connectivity index (χ1n) is 6.61. The van der Waals surface area contributed by atoms with Crippen LogP contribution < -0.4 is 4.74 Å². The highest BCUT2D eigenvalue weighted by atomic mass is 35.5. The van der Waals surface area contributed by atoms with Crippen molar-refractivity contribution in [2.75, 3.05) is 6.61 Å². The van der Waals surface area contributed by atoms with Crippen molar-refractivity contribution in [3.8, 4) is 5.88 Å². The highest BCUT2D eigenvalue weighted by Gasteiger charge is 2.33. The van der Waals surface area contributed by atoms with E-state index in [1.807, 2.05) is 6.92 Å². The number of hydrogen-bond donors (Lipinski definition) is 0. The van der Waals surface area contributed by atoms with Gasteiger partial charge in [0.05, 0.1) is 6.61 Å². The van der Waals surface area contributed by atoms with Crippen molar-refractivity contribution in [2.45, 2.75) is 45.7 Å². The number of nitrogens with zero attached hydrogens (tertiary/aromatic N) is 2. The van der Waals surface area contributed by atoms with E-state index in [0.717, 1.165) is 31.7 Å². The van der Waals surface area contributed by atoms with Crippen LogP contribution in [0.4, 0.5) is 13.2 Å². The molecule has 1 rings (SSSR count). The van der Waals surface area contributed by atoms with Gasteiger partial charge in [-0.15, -0.1) is 0 Å². The molecule has 20 heavy (non-hydrogen) atoms. The molecule has 0 aliphatic heterocycles. The number of alkyl halides is 3. The summed E-state index contributed by atoms with van der Waals surface area (Å²) in [6.07, 6.45) is -0.520. The molecule has 0 aliphatic carbocycles. The molecule has 0 fully saturated rings. The summed E-state index contributed by atoms with van der Waals surface area (Å²) in [6.45, 7) is 4.45. The average Bonchev–Trinajstić information content (AvgIpc) is 2.37. The van der Waals surface area contributed by atoms with E-state index in [-0.39, 0.29) is 5.88 Å². The fourth-order valence-electron chi connectivity index (χ4n) is 1.72. The van der Waals surface area contributed by atoms with Gasteiger partial charge < -0.3 is 4.74 Å². The van der Waals surface area contributed by atoms with Crippen molar-refractivity contribution >= 4 is 11.6 Å². The van der Waals surface area contributed by atoms with Crippen molar-refractivity contribution in [1.29, 1.82) is 0 Å². The minimum Gasteiger partial charge on any atom is -0.477 e. The lowest BCUT2D eigenvalue weighted by atomic mass is 10.0. The predicted octanol–water partition coefficient (Wildman–Crippen LogP) is 4.74. The molecule has 0 bridgehead atoms. The van der Waals surface area contributed by atoms with E-state index >= 15 is 0 Å². The van der Waals surface area contributed by atoms with E-state index in [2.05, 4.69) is 16.9 Å². The monoisotopic (exact) mass is 310 g/mol. The first-order valence-corrected chi connectivity index (χ1v) is 6.99. The minimum atomic E-state index is -4.56. The first kappa shape index (κ1) is 17.0. The van der Waals surface area contributed by atoms with Crippen molar-refractivity contribution in [1.82, 2.24) is 9.97 Å². The van der Waals surface area contributed by atoms with Gasteiger partial charge in [-0.3, -0.25) is 0 Å². The summed E-state index contributed by atoms with van der Waals surface area (Å²) in [7, 11) is 0. The Morgan fingerprint density at radius 3 is 2.55 bits per heavy atom. The fraction of sp³-hybridized carbons (Fsp3) is 0.692. The molecule has 1 atom stereocenters. The van der Waals surface area contributed by atoms with Gasteiger partial charge in [0.15, 0.2) is 5.69 Å². The van der Waals surface area contributed by atoms with E-state index < -0.39 is 17.2 Å². The van der Waals surface area contributed by atoms with Gasteiger partial charge in [-0.25, -0.2) is 4.98 Å². The normalized spacial score (nSPS) is 13.3. The molecule has 0 spiro atoms. The summed E-state index contributed by atoms with van der Waals surface area (Å²) in [4.78, 5) is 6.82. The summed E-state index contributed by atoms with van der Waals surface area (Å²) >= 11 is 5.49. The maximum atomic E-state index is 12.6.